The highest BCUT2D eigenvalue weighted by molar-refractivity contribution is 7.20. The summed E-state index contributed by atoms with van der Waals surface area (Å²) in [7, 11) is 0. The molecular weight excluding hydrogens is 389 g/mol. The molecule has 2 heterocycles. The molecule has 0 N–H and O–H groups in total. The molecule has 4 aromatic rings. The van der Waals surface area contributed by atoms with Gasteiger partial charge in [0.25, 0.3) is 0 Å². The van der Waals surface area contributed by atoms with E-state index in [2.05, 4.69) is 0 Å². The van der Waals surface area contributed by atoms with Gasteiger partial charge in [-0.2, -0.15) is 0 Å². The van der Waals surface area contributed by atoms with Gasteiger partial charge in [-0.3, -0.25) is 4.79 Å². The summed E-state index contributed by atoms with van der Waals surface area (Å²) in [4.78, 5) is 25.5. The third kappa shape index (κ3) is 3.71. The molecule has 0 aliphatic heterocycles. The summed E-state index contributed by atoms with van der Waals surface area (Å²) in [5.74, 6) is -1.10. The number of carbonyl (C=O) groups is 2. The van der Waals surface area contributed by atoms with Crippen molar-refractivity contribution in [3.63, 3.8) is 0 Å². The highest BCUT2D eigenvalue weighted by Gasteiger charge is 2.19. The zero-order valence-corrected chi connectivity index (χ0v) is 16.8. The normalized spacial score (nSPS) is 11.0. The van der Waals surface area contributed by atoms with E-state index < -0.39 is 5.97 Å². The number of halogens is 1. The highest BCUT2D eigenvalue weighted by atomic mass is 32.1. The predicted octanol–water partition coefficient (Wildman–Crippen LogP) is 5.49. The van der Waals surface area contributed by atoms with Gasteiger partial charge in [-0.25, -0.2) is 9.18 Å². The average Bonchev–Trinajstić information content (AvgIpc) is 3.27. The Labute approximate surface area is 171 Å². The maximum atomic E-state index is 13.2. The van der Waals surface area contributed by atoms with Crippen LogP contribution in [0.2, 0.25) is 0 Å². The Morgan fingerprint density at radius 1 is 1.03 bits per heavy atom. The van der Waals surface area contributed by atoms with Gasteiger partial charge >= 0.3 is 5.97 Å². The van der Waals surface area contributed by atoms with E-state index in [4.69, 9.17) is 4.74 Å². The Kier molecular flexibility index (Phi) is 5.03. The number of hydrogen-bond donors (Lipinski definition) is 0. The van der Waals surface area contributed by atoms with Gasteiger partial charge in [-0.15, -0.1) is 11.3 Å². The quantitative estimate of drug-likeness (QED) is 0.325. The number of aromatic nitrogens is 1. The molecule has 0 saturated heterocycles. The fraction of sp³-hybridized carbons (Fsp3) is 0.130. The third-order valence-corrected chi connectivity index (χ3v) is 5.87. The monoisotopic (exact) mass is 407 g/mol. The van der Waals surface area contributed by atoms with Crippen molar-refractivity contribution < 1.29 is 18.7 Å². The van der Waals surface area contributed by atoms with E-state index in [9.17, 15) is 14.0 Å². The van der Waals surface area contributed by atoms with E-state index in [1.807, 2.05) is 42.7 Å². The Morgan fingerprint density at radius 2 is 1.76 bits per heavy atom. The standard InChI is InChI=1S/C23H18FNO3S/c1-14-11-19(15(2)25(14)18-9-7-17(24)8-10-18)20(26)13-28-23(27)22-12-16-5-3-4-6-21(16)29-22/h3-12H,13H2,1-2H3. The second kappa shape index (κ2) is 7.64. The van der Waals surface area contributed by atoms with Crippen LogP contribution in [0, 0.1) is 19.7 Å². The van der Waals surface area contributed by atoms with Crippen molar-refractivity contribution in [3.8, 4) is 5.69 Å². The molecule has 0 spiro atoms. The molecule has 4 rings (SSSR count). The van der Waals surface area contributed by atoms with Crippen LogP contribution in [0.15, 0.2) is 60.7 Å². The average molecular weight is 407 g/mol. The number of ether oxygens (including phenoxy) is 1. The molecule has 0 atom stereocenters. The van der Waals surface area contributed by atoms with Crippen molar-refractivity contribution in [2.45, 2.75) is 13.8 Å². The number of carbonyl (C=O) groups excluding carboxylic acids is 2. The van der Waals surface area contributed by atoms with Gasteiger partial charge in [0.1, 0.15) is 10.7 Å². The van der Waals surface area contributed by atoms with Crippen molar-refractivity contribution in [1.29, 1.82) is 0 Å². The lowest BCUT2D eigenvalue weighted by Crippen LogP contribution is -2.14. The lowest BCUT2D eigenvalue weighted by Gasteiger charge is -2.10. The summed E-state index contributed by atoms with van der Waals surface area (Å²) in [5.41, 5.74) is 2.81. The van der Waals surface area contributed by atoms with Gasteiger partial charge in [0.2, 0.25) is 5.78 Å². The number of aryl methyl sites for hydroxylation is 1. The number of benzene rings is 2. The number of rotatable bonds is 5. The first kappa shape index (κ1) is 19.1. The Morgan fingerprint density at radius 3 is 2.48 bits per heavy atom. The number of nitrogens with zero attached hydrogens (tertiary/aromatic N) is 1. The molecule has 2 aromatic heterocycles. The number of esters is 1. The van der Waals surface area contributed by atoms with E-state index >= 15 is 0 Å². The minimum absolute atomic E-state index is 0.277. The van der Waals surface area contributed by atoms with Crippen LogP contribution in [0.1, 0.15) is 31.4 Å². The summed E-state index contributed by atoms with van der Waals surface area (Å²) in [6, 6.07) is 17.3. The van der Waals surface area contributed by atoms with Crippen molar-refractivity contribution in [2.24, 2.45) is 0 Å². The Hall–Kier alpha value is -3.25. The number of hydrogen-bond acceptors (Lipinski definition) is 4. The number of fused-ring (bicyclic) bond motifs is 1. The van der Waals surface area contributed by atoms with E-state index in [0.717, 1.165) is 27.2 Å². The van der Waals surface area contributed by atoms with Crippen molar-refractivity contribution in [2.75, 3.05) is 6.61 Å². The van der Waals surface area contributed by atoms with E-state index in [0.29, 0.717) is 10.4 Å². The zero-order chi connectivity index (χ0) is 20.5. The van der Waals surface area contributed by atoms with E-state index in [1.165, 1.54) is 23.5 Å². The summed E-state index contributed by atoms with van der Waals surface area (Å²) in [6.45, 7) is 3.36. The molecular formula is C23H18FNO3S. The van der Waals surface area contributed by atoms with Crippen LogP contribution in [0.3, 0.4) is 0 Å². The lowest BCUT2D eigenvalue weighted by atomic mass is 10.1. The van der Waals surface area contributed by atoms with Gasteiger partial charge in [0, 0.05) is 27.3 Å². The maximum absolute atomic E-state index is 13.2. The molecule has 2 aromatic carbocycles. The fourth-order valence-electron chi connectivity index (χ4n) is 3.40. The molecule has 0 amide bonds. The fourth-order valence-corrected chi connectivity index (χ4v) is 4.35. The molecule has 0 bridgehead atoms. The van der Waals surface area contributed by atoms with Gasteiger partial charge in [0.15, 0.2) is 6.61 Å². The molecule has 0 radical (unpaired) electrons. The van der Waals surface area contributed by atoms with Crippen molar-refractivity contribution >= 4 is 33.2 Å². The van der Waals surface area contributed by atoms with Crippen molar-refractivity contribution in [3.05, 3.63) is 88.3 Å². The first-order valence-corrected chi connectivity index (χ1v) is 9.89. The topological polar surface area (TPSA) is 48.3 Å². The van der Waals surface area contributed by atoms with Gasteiger partial charge in [-0.1, -0.05) is 18.2 Å². The summed E-state index contributed by atoms with van der Waals surface area (Å²) >= 11 is 1.34. The Bertz CT molecular complexity index is 1190. The highest BCUT2D eigenvalue weighted by Crippen LogP contribution is 2.26. The summed E-state index contributed by atoms with van der Waals surface area (Å²) < 4.78 is 21.3. The number of ketones is 1. The van der Waals surface area contributed by atoms with Gasteiger partial charge in [-0.05, 0) is 61.7 Å². The Balaban J connectivity index is 1.50. The largest absolute Gasteiger partial charge is 0.453 e. The first-order valence-electron chi connectivity index (χ1n) is 9.08. The molecule has 0 fully saturated rings. The molecule has 6 heteroatoms. The van der Waals surface area contributed by atoms with Crippen LogP contribution in [0.5, 0.6) is 0 Å². The number of Topliss-reactive ketones (excluding diaryl/α,β-unsaturated/α-hetero) is 1. The predicted molar refractivity (Wildman–Crippen MR) is 112 cm³/mol. The SMILES string of the molecule is Cc1cc(C(=O)COC(=O)c2cc3ccccc3s2)c(C)n1-c1ccc(F)cc1. The summed E-state index contributed by atoms with van der Waals surface area (Å²) in [6.07, 6.45) is 0. The third-order valence-electron chi connectivity index (χ3n) is 4.78. The second-order valence-electron chi connectivity index (χ2n) is 6.74. The first-order chi connectivity index (χ1) is 13.9. The molecule has 4 nitrogen and oxygen atoms in total. The molecule has 0 aliphatic rings. The molecule has 0 saturated carbocycles. The van der Waals surface area contributed by atoms with Gasteiger partial charge in [0.05, 0.1) is 0 Å². The van der Waals surface area contributed by atoms with Gasteiger partial charge < -0.3 is 9.30 Å². The van der Waals surface area contributed by atoms with Crippen LogP contribution >= 0.6 is 11.3 Å². The second-order valence-corrected chi connectivity index (χ2v) is 7.83. The molecule has 0 unspecified atom stereocenters. The summed E-state index contributed by atoms with van der Waals surface area (Å²) in [5, 5.41) is 0.971. The maximum Gasteiger partial charge on any atom is 0.348 e. The van der Waals surface area contributed by atoms with Crippen LogP contribution in [-0.2, 0) is 4.74 Å². The van der Waals surface area contributed by atoms with Crippen LogP contribution in [0.4, 0.5) is 4.39 Å². The minimum Gasteiger partial charge on any atom is -0.453 e. The minimum atomic E-state index is -0.508. The molecule has 29 heavy (non-hydrogen) atoms. The van der Waals surface area contributed by atoms with Crippen LogP contribution < -0.4 is 0 Å². The zero-order valence-electron chi connectivity index (χ0n) is 15.9. The number of thiophene rings is 1. The molecule has 0 aliphatic carbocycles. The van der Waals surface area contributed by atoms with Crippen LogP contribution in [0.25, 0.3) is 15.8 Å². The lowest BCUT2D eigenvalue weighted by molar-refractivity contribution is 0.0479. The molecule has 146 valence electrons. The van der Waals surface area contributed by atoms with E-state index in [-0.39, 0.29) is 18.2 Å². The van der Waals surface area contributed by atoms with Crippen molar-refractivity contribution in [1.82, 2.24) is 4.57 Å². The van der Waals surface area contributed by atoms with Crippen LogP contribution in [-0.4, -0.2) is 22.9 Å². The smallest absolute Gasteiger partial charge is 0.348 e. The van der Waals surface area contributed by atoms with E-state index in [1.54, 1.807) is 24.3 Å².